The Bertz CT molecular complexity index is 230. The minimum Gasteiger partial charge on any atom is -0.338 e. The number of likely N-dealkylation sites (N-methyl/N-ethyl adjacent to an activating group) is 1. The second-order valence-electron chi connectivity index (χ2n) is 5.05. The molecule has 16 heavy (non-hydrogen) atoms. The van der Waals surface area contributed by atoms with Crippen molar-refractivity contribution in [2.24, 2.45) is 5.92 Å². The highest BCUT2D eigenvalue weighted by Crippen LogP contribution is 2.20. The highest BCUT2D eigenvalue weighted by molar-refractivity contribution is 5.79. The third-order valence-corrected chi connectivity index (χ3v) is 3.17. The second kappa shape index (κ2) is 6.21. The van der Waals surface area contributed by atoms with Crippen molar-refractivity contribution in [2.75, 3.05) is 40.8 Å². The van der Waals surface area contributed by atoms with Gasteiger partial charge in [0.2, 0.25) is 5.91 Å². The summed E-state index contributed by atoms with van der Waals surface area (Å²) in [6.45, 7) is 4.69. The average molecular weight is 227 g/mol. The number of amides is 1. The van der Waals surface area contributed by atoms with Gasteiger partial charge in [-0.1, -0.05) is 6.92 Å². The minimum absolute atomic E-state index is 0.0905. The molecular formula is C12H25N3O. The third-order valence-electron chi connectivity index (χ3n) is 3.17. The number of rotatable bonds is 5. The topological polar surface area (TPSA) is 35.6 Å². The van der Waals surface area contributed by atoms with Crippen molar-refractivity contribution in [3.63, 3.8) is 0 Å². The first kappa shape index (κ1) is 13.5. The van der Waals surface area contributed by atoms with Gasteiger partial charge in [0.1, 0.15) is 0 Å². The van der Waals surface area contributed by atoms with E-state index in [1.54, 1.807) is 0 Å². The van der Waals surface area contributed by atoms with Crippen LogP contribution in [0.3, 0.4) is 0 Å². The van der Waals surface area contributed by atoms with Crippen molar-refractivity contribution < 1.29 is 4.79 Å². The molecule has 4 nitrogen and oxygen atoms in total. The van der Waals surface area contributed by atoms with Gasteiger partial charge in [-0.25, -0.2) is 0 Å². The van der Waals surface area contributed by atoms with Crippen molar-refractivity contribution in [3.05, 3.63) is 0 Å². The van der Waals surface area contributed by atoms with E-state index in [4.69, 9.17) is 0 Å². The first-order valence-corrected chi connectivity index (χ1v) is 6.16. The van der Waals surface area contributed by atoms with Crippen molar-refractivity contribution in [2.45, 2.75) is 25.8 Å². The van der Waals surface area contributed by atoms with Crippen LogP contribution >= 0.6 is 0 Å². The molecule has 1 saturated heterocycles. The first-order chi connectivity index (χ1) is 7.56. The number of carbonyl (C=O) groups is 1. The monoisotopic (exact) mass is 227 g/mol. The Morgan fingerprint density at radius 3 is 2.81 bits per heavy atom. The Hall–Kier alpha value is -0.610. The maximum absolute atomic E-state index is 12.2. The van der Waals surface area contributed by atoms with E-state index in [0.29, 0.717) is 11.9 Å². The summed E-state index contributed by atoms with van der Waals surface area (Å²) in [5.41, 5.74) is 0. The van der Waals surface area contributed by atoms with Crippen LogP contribution in [0.15, 0.2) is 0 Å². The summed E-state index contributed by atoms with van der Waals surface area (Å²) in [4.78, 5) is 16.4. The number of carbonyl (C=O) groups excluding carboxylic acids is 1. The van der Waals surface area contributed by atoms with Crippen molar-refractivity contribution in [1.29, 1.82) is 0 Å². The van der Waals surface area contributed by atoms with Crippen LogP contribution in [0, 0.1) is 5.92 Å². The molecule has 0 radical (unpaired) electrons. The Morgan fingerprint density at radius 2 is 2.25 bits per heavy atom. The average Bonchev–Trinajstić information content (AvgIpc) is 2.64. The standard InChI is InChI=1S/C12H25N3O/c1-10(8-13-2)12(16)15-7-5-6-11(15)9-14(3)4/h10-11,13H,5-9H2,1-4H3. The van der Waals surface area contributed by atoms with E-state index in [1.165, 1.54) is 0 Å². The molecule has 94 valence electrons. The van der Waals surface area contributed by atoms with Crippen LogP contribution in [0.5, 0.6) is 0 Å². The number of likely N-dealkylation sites (tertiary alicyclic amines) is 1. The van der Waals surface area contributed by atoms with Gasteiger partial charge in [0.05, 0.1) is 0 Å². The van der Waals surface area contributed by atoms with Gasteiger partial charge in [0.25, 0.3) is 0 Å². The first-order valence-electron chi connectivity index (χ1n) is 6.16. The van der Waals surface area contributed by atoms with Crippen LogP contribution in [-0.4, -0.2) is 62.5 Å². The molecule has 1 amide bonds. The molecule has 2 atom stereocenters. The molecule has 1 aliphatic heterocycles. The largest absolute Gasteiger partial charge is 0.338 e. The lowest BCUT2D eigenvalue weighted by Gasteiger charge is -2.29. The lowest BCUT2D eigenvalue weighted by Crippen LogP contribution is -2.45. The molecule has 1 rings (SSSR count). The van der Waals surface area contributed by atoms with Gasteiger partial charge in [0, 0.05) is 31.6 Å². The van der Waals surface area contributed by atoms with Crippen LogP contribution in [-0.2, 0) is 4.79 Å². The SMILES string of the molecule is CNCC(C)C(=O)N1CCCC1CN(C)C. The summed E-state index contributed by atoms with van der Waals surface area (Å²) in [5, 5.41) is 3.07. The summed E-state index contributed by atoms with van der Waals surface area (Å²) < 4.78 is 0. The number of hydrogen-bond acceptors (Lipinski definition) is 3. The summed E-state index contributed by atoms with van der Waals surface area (Å²) in [6, 6.07) is 0.418. The third kappa shape index (κ3) is 3.46. The molecule has 1 heterocycles. The van der Waals surface area contributed by atoms with Crippen LogP contribution in [0.2, 0.25) is 0 Å². The molecule has 0 aromatic carbocycles. The van der Waals surface area contributed by atoms with Crippen molar-refractivity contribution in [3.8, 4) is 0 Å². The highest BCUT2D eigenvalue weighted by Gasteiger charge is 2.31. The van der Waals surface area contributed by atoms with Gasteiger partial charge in [-0.2, -0.15) is 0 Å². The molecule has 1 aliphatic rings. The predicted octanol–water partition coefficient (Wildman–Crippen LogP) is 0.395. The number of nitrogens with one attached hydrogen (secondary N) is 1. The molecule has 0 saturated carbocycles. The van der Waals surface area contributed by atoms with Crippen molar-refractivity contribution in [1.82, 2.24) is 15.1 Å². The van der Waals surface area contributed by atoms with E-state index in [1.807, 2.05) is 14.0 Å². The highest BCUT2D eigenvalue weighted by atomic mass is 16.2. The molecule has 0 bridgehead atoms. The van der Waals surface area contributed by atoms with E-state index in [0.717, 1.165) is 32.5 Å². The number of hydrogen-bond donors (Lipinski definition) is 1. The fourth-order valence-corrected chi connectivity index (χ4v) is 2.41. The lowest BCUT2D eigenvalue weighted by molar-refractivity contribution is -0.135. The van der Waals surface area contributed by atoms with Gasteiger partial charge < -0.3 is 15.1 Å². The zero-order valence-electron chi connectivity index (χ0n) is 11.0. The second-order valence-corrected chi connectivity index (χ2v) is 5.05. The summed E-state index contributed by atoms with van der Waals surface area (Å²) in [7, 11) is 6.03. The van der Waals surface area contributed by atoms with Gasteiger partial charge in [0.15, 0.2) is 0 Å². The fraction of sp³-hybridized carbons (Fsp3) is 0.917. The summed E-state index contributed by atoms with van der Waals surface area (Å²) in [5.74, 6) is 0.395. The zero-order chi connectivity index (χ0) is 12.1. The van der Waals surface area contributed by atoms with Crippen LogP contribution in [0.25, 0.3) is 0 Å². The predicted molar refractivity (Wildman–Crippen MR) is 66.4 cm³/mol. The van der Waals surface area contributed by atoms with E-state index >= 15 is 0 Å². The van der Waals surface area contributed by atoms with Crippen molar-refractivity contribution >= 4 is 5.91 Å². The Balaban J connectivity index is 2.53. The van der Waals surface area contributed by atoms with E-state index in [2.05, 4.69) is 29.2 Å². The van der Waals surface area contributed by atoms with Crippen LogP contribution < -0.4 is 5.32 Å². The van der Waals surface area contributed by atoms with Gasteiger partial charge >= 0.3 is 0 Å². The molecular weight excluding hydrogens is 202 g/mol. The number of nitrogens with zero attached hydrogens (tertiary/aromatic N) is 2. The summed E-state index contributed by atoms with van der Waals surface area (Å²) in [6.07, 6.45) is 2.30. The van der Waals surface area contributed by atoms with E-state index in [9.17, 15) is 4.79 Å². The maximum Gasteiger partial charge on any atom is 0.226 e. The quantitative estimate of drug-likeness (QED) is 0.738. The Kier molecular flexibility index (Phi) is 5.22. The smallest absolute Gasteiger partial charge is 0.226 e. The van der Waals surface area contributed by atoms with E-state index < -0.39 is 0 Å². The fourth-order valence-electron chi connectivity index (χ4n) is 2.41. The maximum atomic E-state index is 12.2. The molecule has 0 spiro atoms. The summed E-state index contributed by atoms with van der Waals surface area (Å²) >= 11 is 0. The molecule has 0 aromatic rings. The lowest BCUT2D eigenvalue weighted by atomic mass is 10.1. The molecule has 0 aliphatic carbocycles. The molecule has 2 unspecified atom stereocenters. The molecule has 4 heteroatoms. The van der Waals surface area contributed by atoms with Gasteiger partial charge in [-0.3, -0.25) is 4.79 Å². The van der Waals surface area contributed by atoms with E-state index in [-0.39, 0.29) is 5.92 Å². The normalized spacial score (nSPS) is 22.8. The molecule has 0 aromatic heterocycles. The van der Waals surface area contributed by atoms with Crippen LogP contribution in [0.4, 0.5) is 0 Å². The Morgan fingerprint density at radius 1 is 1.56 bits per heavy atom. The minimum atomic E-state index is 0.0905. The van der Waals surface area contributed by atoms with Crippen LogP contribution in [0.1, 0.15) is 19.8 Å². The molecule has 1 fully saturated rings. The van der Waals surface area contributed by atoms with Gasteiger partial charge in [-0.15, -0.1) is 0 Å². The zero-order valence-corrected chi connectivity index (χ0v) is 11.0. The molecule has 1 N–H and O–H groups in total. The van der Waals surface area contributed by atoms with Gasteiger partial charge in [-0.05, 0) is 34.0 Å². The Labute approximate surface area is 99.0 Å².